The van der Waals surface area contributed by atoms with E-state index >= 15 is 0 Å². The number of nitrogens with zero attached hydrogens (tertiary/aromatic N) is 2. The van der Waals surface area contributed by atoms with E-state index in [9.17, 15) is 0 Å². The van der Waals surface area contributed by atoms with Crippen molar-refractivity contribution in [3.63, 3.8) is 0 Å². The summed E-state index contributed by atoms with van der Waals surface area (Å²) in [5.41, 5.74) is 10.4. The zero-order valence-corrected chi connectivity index (χ0v) is 29.1. The van der Waals surface area contributed by atoms with E-state index in [1.807, 2.05) is 0 Å². The second-order valence-electron chi connectivity index (χ2n) is 15.1. The minimum absolute atomic E-state index is 0.583. The molecule has 6 aromatic carbocycles. The number of fused-ring (bicyclic) bond motifs is 5. The van der Waals surface area contributed by atoms with Crippen LogP contribution in [0.5, 0.6) is 11.5 Å². The second kappa shape index (κ2) is 12.8. The van der Waals surface area contributed by atoms with Gasteiger partial charge >= 0.3 is 0 Å². The van der Waals surface area contributed by atoms with Gasteiger partial charge in [0, 0.05) is 28.5 Å². The summed E-state index contributed by atoms with van der Waals surface area (Å²) in [4.78, 5) is 2.87. The van der Waals surface area contributed by atoms with Crippen LogP contribution in [0.4, 0.5) is 5.69 Å². The second-order valence-corrected chi connectivity index (χ2v) is 15.1. The van der Waals surface area contributed by atoms with Crippen LogP contribution in [0.3, 0.4) is 0 Å². The molecule has 0 amide bonds. The first-order chi connectivity index (χ1) is 25.3. The standard InChI is InChI=1S/C48H44N2O/c1-3-10-33(11-4-1)35-18-25-39(26-19-35)49(40-27-20-36(21-28-40)34-12-5-2-6-13-34)41-29-22-37(23-30-41)38-24-31-46-45(32-38)50-44-16-8-7-14-42(44)43-15-9-17-47(51-46)48(43)50/h1-17,22-24,29-32,35-36,39-40H,18-21,25-28H2. The maximum atomic E-state index is 6.50. The number of para-hydroxylation sites is 2. The lowest BCUT2D eigenvalue weighted by Gasteiger charge is -2.45. The fourth-order valence-electron chi connectivity index (χ4n) is 9.77. The lowest BCUT2D eigenvalue weighted by molar-refractivity contribution is 0.310. The molecule has 7 aromatic rings. The molecule has 0 bridgehead atoms. The van der Waals surface area contributed by atoms with E-state index < -0.39 is 0 Å². The molecule has 2 heterocycles. The molecule has 0 spiro atoms. The molecule has 1 aromatic heterocycles. The summed E-state index contributed by atoms with van der Waals surface area (Å²) < 4.78 is 8.90. The van der Waals surface area contributed by atoms with Gasteiger partial charge in [-0.2, -0.15) is 0 Å². The molecule has 2 aliphatic carbocycles. The van der Waals surface area contributed by atoms with Crippen LogP contribution in [-0.4, -0.2) is 16.7 Å². The zero-order chi connectivity index (χ0) is 33.7. The van der Waals surface area contributed by atoms with Gasteiger partial charge in [-0.05, 0) is 122 Å². The Labute approximate surface area is 301 Å². The molecule has 3 heteroatoms. The number of ether oxygens (including phenoxy) is 1. The van der Waals surface area contributed by atoms with Gasteiger partial charge in [0.15, 0.2) is 11.5 Å². The van der Waals surface area contributed by atoms with Crippen molar-refractivity contribution in [3.8, 4) is 28.3 Å². The summed E-state index contributed by atoms with van der Waals surface area (Å²) in [6.45, 7) is 0. The maximum absolute atomic E-state index is 6.50. The van der Waals surface area contributed by atoms with Crippen LogP contribution in [0.1, 0.15) is 74.3 Å². The first-order valence-corrected chi connectivity index (χ1v) is 19.1. The quantitative estimate of drug-likeness (QED) is 0.176. The Balaban J connectivity index is 0.957. The Kier molecular flexibility index (Phi) is 7.66. The number of benzene rings is 6. The molecule has 0 unspecified atom stereocenters. The summed E-state index contributed by atoms with van der Waals surface area (Å²) in [7, 11) is 0. The lowest BCUT2D eigenvalue weighted by atomic mass is 9.78. The number of anilines is 1. The fraction of sp³-hybridized carbons (Fsp3) is 0.250. The van der Waals surface area contributed by atoms with Crippen molar-refractivity contribution >= 4 is 27.5 Å². The van der Waals surface area contributed by atoms with Gasteiger partial charge in [0.2, 0.25) is 0 Å². The molecule has 3 nitrogen and oxygen atoms in total. The van der Waals surface area contributed by atoms with Crippen molar-refractivity contribution in [2.75, 3.05) is 4.90 Å². The predicted octanol–water partition coefficient (Wildman–Crippen LogP) is 12.8. The Morgan fingerprint density at radius 3 is 1.69 bits per heavy atom. The van der Waals surface area contributed by atoms with Gasteiger partial charge in [-0.1, -0.05) is 109 Å². The molecule has 10 rings (SSSR count). The summed E-state index contributed by atoms with van der Waals surface area (Å²) in [6, 6.07) is 54.9. The monoisotopic (exact) mass is 664 g/mol. The van der Waals surface area contributed by atoms with Crippen LogP contribution in [0.2, 0.25) is 0 Å². The molecular weight excluding hydrogens is 621 g/mol. The Morgan fingerprint density at radius 2 is 1.04 bits per heavy atom. The van der Waals surface area contributed by atoms with Crippen molar-refractivity contribution < 1.29 is 4.74 Å². The Morgan fingerprint density at radius 1 is 0.471 bits per heavy atom. The molecule has 0 radical (unpaired) electrons. The molecule has 2 saturated carbocycles. The molecule has 0 saturated heterocycles. The predicted molar refractivity (Wildman–Crippen MR) is 212 cm³/mol. The van der Waals surface area contributed by atoms with E-state index in [2.05, 4.69) is 155 Å². The Bertz CT molecular complexity index is 2250. The van der Waals surface area contributed by atoms with Crippen LogP contribution in [-0.2, 0) is 0 Å². The third kappa shape index (κ3) is 5.42. The largest absolute Gasteiger partial charge is 0.453 e. The Hall–Kier alpha value is -5.28. The van der Waals surface area contributed by atoms with E-state index in [1.165, 1.54) is 95.6 Å². The molecule has 0 N–H and O–H groups in total. The summed E-state index contributed by atoms with van der Waals surface area (Å²) in [6.07, 6.45) is 10.1. The van der Waals surface area contributed by atoms with Crippen LogP contribution in [0.15, 0.2) is 146 Å². The molecule has 1 aliphatic heterocycles. The van der Waals surface area contributed by atoms with Gasteiger partial charge in [-0.15, -0.1) is 0 Å². The van der Waals surface area contributed by atoms with Gasteiger partial charge in [0.05, 0.1) is 16.7 Å². The zero-order valence-electron chi connectivity index (χ0n) is 29.1. The third-order valence-corrected chi connectivity index (χ3v) is 12.3. The first-order valence-electron chi connectivity index (χ1n) is 19.1. The molecular formula is C48H44N2O. The molecule has 0 atom stereocenters. The highest BCUT2D eigenvalue weighted by atomic mass is 16.5. The average Bonchev–Trinajstić information content (AvgIpc) is 3.55. The third-order valence-electron chi connectivity index (χ3n) is 12.3. The molecule has 51 heavy (non-hydrogen) atoms. The highest BCUT2D eigenvalue weighted by Crippen LogP contribution is 2.47. The van der Waals surface area contributed by atoms with Crippen LogP contribution >= 0.6 is 0 Å². The maximum Gasteiger partial charge on any atom is 0.152 e. The van der Waals surface area contributed by atoms with Crippen molar-refractivity contribution in [3.05, 3.63) is 157 Å². The fourth-order valence-corrected chi connectivity index (χ4v) is 9.77. The number of aromatic nitrogens is 1. The van der Waals surface area contributed by atoms with Crippen molar-refractivity contribution in [2.24, 2.45) is 0 Å². The van der Waals surface area contributed by atoms with Gasteiger partial charge < -0.3 is 14.2 Å². The van der Waals surface area contributed by atoms with E-state index in [-0.39, 0.29) is 0 Å². The average molecular weight is 665 g/mol. The SMILES string of the molecule is c1ccc(C2CCC(N(c3ccc(-c4ccc5c(c4)-n4c6ccccc6c6cccc(c64)O5)cc3)C3CCC(c4ccccc4)CC3)CC2)cc1. The van der Waals surface area contributed by atoms with Crippen molar-refractivity contribution in [1.29, 1.82) is 0 Å². The summed E-state index contributed by atoms with van der Waals surface area (Å²) >= 11 is 0. The molecule has 3 aliphatic rings. The van der Waals surface area contributed by atoms with E-state index in [0.29, 0.717) is 23.9 Å². The summed E-state index contributed by atoms with van der Waals surface area (Å²) in [5, 5.41) is 2.50. The van der Waals surface area contributed by atoms with Crippen LogP contribution < -0.4 is 9.64 Å². The first kappa shape index (κ1) is 30.5. The lowest BCUT2D eigenvalue weighted by Crippen LogP contribution is -2.46. The topological polar surface area (TPSA) is 17.4 Å². The number of rotatable bonds is 6. The van der Waals surface area contributed by atoms with Gasteiger partial charge in [-0.25, -0.2) is 0 Å². The van der Waals surface area contributed by atoms with Crippen molar-refractivity contribution in [1.82, 2.24) is 4.57 Å². The highest BCUT2D eigenvalue weighted by Gasteiger charge is 2.34. The van der Waals surface area contributed by atoms with Crippen molar-refractivity contribution in [2.45, 2.75) is 75.3 Å². The van der Waals surface area contributed by atoms with Crippen LogP contribution in [0, 0.1) is 0 Å². The van der Waals surface area contributed by atoms with E-state index in [4.69, 9.17) is 4.74 Å². The highest BCUT2D eigenvalue weighted by molar-refractivity contribution is 6.12. The number of hydrogen-bond acceptors (Lipinski definition) is 2. The smallest absolute Gasteiger partial charge is 0.152 e. The normalized spacial score (nSPS) is 21.3. The van der Waals surface area contributed by atoms with Gasteiger partial charge in [0.25, 0.3) is 0 Å². The molecule has 2 fully saturated rings. The van der Waals surface area contributed by atoms with Crippen LogP contribution in [0.25, 0.3) is 38.6 Å². The molecule has 252 valence electrons. The van der Waals surface area contributed by atoms with Gasteiger partial charge in [0.1, 0.15) is 0 Å². The minimum atomic E-state index is 0.583. The number of hydrogen-bond donors (Lipinski definition) is 0. The summed E-state index contributed by atoms with van der Waals surface area (Å²) in [5.74, 6) is 3.18. The van der Waals surface area contributed by atoms with Gasteiger partial charge in [-0.3, -0.25) is 0 Å². The van der Waals surface area contributed by atoms with E-state index in [1.54, 1.807) is 0 Å². The minimum Gasteiger partial charge on any atom is -0.453 e. The van der Waals surface area contributed by atoms with E-state index in [0.717, 1.165) is 22.7 Å².